The number of rotatable bonds is 11. The Kier molecular flexibility index (Phi) is 10.8. The molecule has 9 rings (SSSR count). The number of aromatic nitrogens is 4. The van der Waals surface area contributed by atoms with Gasteiger partial charge in [0, 0.05) is 26.2 Å². The first kappa shape index (κ1) is 37.7. The van der Waals surface area contributed by atoms with Crippen molar-refractivity contribution in [1.82, 2.24) is 39.5 Å². The zero-order valence-corrected chi connectivity index (χ0v) is 33.4. The monoisotopic (exact) mass is 772 g/mol. The predicted molar refractivity (Wildman–Crippen MR) is 227 cm³/mol. The minimum atomic E-state index is -0.339. The Balaban J connectivity index is 0.827. The molecule has 0 spiro atoms. The number of likely N-dealkylation sites (N-methyl/N-ethyl adjacent to an activating group) is 1. The highest BCUT2D eigenvalue weighted by atomic mass is 16.2. The first-order chi connectivity index (χ1) is 28.4. The Hall–Kier alpha value is -5.84. The SMILES string of the molecule is CN(C)[C@@H](C(=O)N1CCC[C@H]1c1ncc(-c2ccc(-c3ccc(-c4cnc([C@@H]5CCCN5C(=O)[C@@H]5CCN(Cc6ccccc6)C5)[nH]4)cc3)cc2)[nH]1)c1ccccc1. The average Bonchev–Trinajstić information content (AvgIpc) is 4.11. The third kappa shape index (κ3) is 7.74. The van der Waals surface area contributed by atoms with Crippen molar-refractivity contribution in [2.45, 2.75) is 56.8 Å². The van der Waals surface area contributed by atoms with E-state index < -0.39 is 0 Å². The third-order valence-electron chi connectivity index (χ3n) is 12.4. The van der Waals surface area contributed by atoms with Gasteiger partial charge in [0.05, 0.1) is 41.8 Å². The molecule has 3 aliphatic rings. The Morgan fingerprint density at radius 2 is 1.17 bits per heavy atom. The second kappa shape index (κ2) is 16.6. The molecular formula is C48H52N8O2. The van der Waals surface area contributed by atoms with Gasteiger partial charge in [0.15, 0.2) is 0 Å². The Morgan fingerprint density at radius 1 is 0.655 bits per heavy atom. The lowest BCUT2D eigenvalue weighted by Crippen LogP contribution is -2.40. The summed E-state index contributed by atoms with van der Waals surface area (Å²) in [6.07, 6.45) is 8.46. The van der Waals surface area contributed by atoms with Crippen LogP contribution >= 0.6 is 0 Å². The van der Waals surface area contributed by atoms with Gasteiger partial charge in [0.2, 0.25) is 11.8 Å². The zero-order chi connectivity index (χ0) is 39.6. The van der Waals surface area contributed by atoms with Gasteiger partial charge in [-0.1, -0.05) is 109 Å². The van der Waals surface area contributed by atoms with Crippen LogP contribution in [0.3, 0.4) is 0 Å². The summed E-state index contributed by atoms with van der Waals surface area (Å²) in [4.78, 5) is 52.9. The lowest BCUT2D eigenvalue weighted by molar-refractivity contribution is -0.137. The van der Waals surface area contributed by atoms with Gasteiger partial charge in [-0.2, -0.15) is 0 Å². The summed E-state index contributed by atoms with van der Waals surface area (Å²) in [5, 5.41) is 0. The maximum absolute atomic E-state index is 13.9. The van der Waals surface area contributed by atoms with E-state index >= 15 is 0 Å². The van der Waals surface area contributed by atoms with Crippen molar-refractivity contribution >= 4 is 11.8 Å². The van der Waals surface area contributed by atoms with E-state index in [1.807, 2.05) is 72.7 Å². The Bertz CT molecular complexity index is 2320. The number of likely N-dealkylation sites (tertiary alicyclic amines) is 3. The molecule has 0 saturated carbocycles. The van der Waals surface area contributed by atoms with E-state index in [1.165, 1.54) is 5.56 Å². The van der Waals surface area contributed by atoms with Gasteiger partial charge in [-0.15, -0.1) is 0 Å². The fourth-order valence-electron chi connectivity index (χ4n) is 9.33. The highest BCUT2D eigenvalue weighted by molar-refractivity contribution is 5.84. The second-order valence-corrected chi connectivity index (χ2v) is 16.4. The molecule has 2 aromatic heterocycles. The molecule has 10 heteroatoms. The number of benzene rings is 4. The van der Waals surface area contributed by atoms with E-state index in [0.29, 0.717) is 0 Å². The molecule has 3 saturated heterocycles. The molecule has 5 heterocycles. The summed E-state index contributed by atoms with van der Waals surface area (Å²) < 4.78 is 0. The molecule has 2 amide bonds. The lowest BCUT2D eigenvalue weighted by atomic mass is 10.0. The van der Waals surface area contributed by atoms with E-state index in [-0.39, 0.29) is 35.9 Å². The third-order valence-corrected chi connectivity index (χ3v) is 12.4. The van der Waals surface area contributed by atoms with Gasteiger partial charge in [0.1, 0.15) is 17.7 Å². The standard InChI is InChI=1S/C48H52N8O2/c1-53(2)44(38-13-7-4-8-14-38)48(58)56-27-10-16-43(56)46-50-30-41(52-46)37-23-19-35(20-24-37)34-17-21-36(22-18-34)40-29-49-45(51-40)42-15-9-26-55(42)47(57)39-25-28-54(32-39)31-33-11-5-3-6-12-33/h3-8,11-14,17-24,29-30,39,42-44H,9-10,15-16,25-28,31-32H2,1-2H3,(H,49,51)(H,50,52)/t39-,42+,43+,44-/m1/s1. The smallest absolute Gasteiger partial charge is 0.245 e. The molecule has 4 aromatic carbocycles. The number of nitrogens with zero attached hydrogens (tertiary/aromatic N) is 6. The summed E-state index contributed by atoms with van der Waals surface area (Å²) >= 11 is 0. The normalized spacial score (nSPS) is 20.3. The van der Waals surface area contributed by atoms with Gasteiger partial charge >= 0.3 is 0 Å². The van der Waals surface area contributed by atoms with Crippen LogP contribution in [-0.2, 0) is 16.1 Å². The molecule has 0 bridgehead atoms. The van der Waals surface area contributed by atoms with Crippen LogP contribution in [0.4, 0.5) is 0 Å². The number of H-pyrrole nitrogens is 2. The quantitative estimate of drug-likeness (QED) is 0.137. The van der Waals surface area contributed by atoms with Crippen molar-refractivity contribution < 1.29 is 9.59 Å². The van der Waals surface area contributed by atoms with Crippen LogP contribution in [0.5, 0.6) is 0 Å². The summed E-state index contributed by atoms with van der Waals surface area (Å²) in [6, 6.07) is 37.2. The molecule has 3 fully saturated rings. The highest BCUT2D eigenvalue weighted by Gasteiger charge is 2.39. The van der Waals surface area contributed by atoms with Gasteiger partial charge in [0.25, 0.3) is 0 Å². The molecule has 0 radical (unpaired) electrons. The molecule has 4 atom stereocenters. The number of hydrogen-bond acceptors (Lipinski definition) is 6. The lowest BCUT2D eigenvalue weighted by Gasteiger charge is -2.31. The number of carbonyl (C=O) groups is 2. The number of nitrogens with one attached hydrogen (secondary N) is 2. The van der Waals surface area contributed by atoms with Crippen LogP contribution in [0.15, 0.2) is 122 Å². The van der Waals surface area contributed by atoms with E-state index in [1.54, 1.807) is 0 Å². The largest absolute Gasteiger partial charge is 0.340 e. The fraction of sp³-hybridized carbons (Fsp3) is 0.333. The molecule has 3 aliphatic heterocycles. The topological polar surface area (TPSA) is 104 Å². The highest BCUT2D eigenvalue weighted by Crippen LogP contribution is 2.37. The van der Waals surface area contributed by atoms with Gasteiger partial charge in [-0.05, 0) is 86.1 Å². The van der Waals surface area contributed by atoms with Crippen molar-refractivity contribution in [3.05, 3.63) is 144 Å². The minimum Gasteiger partial charge on any atom is -0.340 e. The van der Waals surface area contributed by atoms with Crippen molar-refractivity contribution in [3.63, 3.8) is 0 Å². The fourth-order valence-corrected chi connectivity index (χ4v) is 9.33. The molecule has 296 valence electrons. The summed E-state index contributed by atoms with van der Waals surface area (Å²) in [6.45, 7) is 4.18. The Labute approximate surface area is 340 Å². The van der Waals surface area contributed by atoms with Crippen molar-refractivity contribution in [2.24, 2.45) is 5.92 Å². The van der Waals surface area contributed by atoms with E-state index in [4.69, 9.17) is 9.97 Å². The van der Waals surface area contributed by atoms with Crippen LogP contribution in [0.1, 0.15) is 73.0 Å². The second-order valence-electron chi connectivity index (χ2n) is 16.4. The first-order valence-electron chi connectivity index (χ1n) is 20.8. The number of carbonyl (C=O) groups excluding carboxylic acids is 2. The summed E-state index contributed by atoms with van der Waals surface area (Å²) in [5.41, 5.74) is 8.55. The average molecular weight is 773 g/mol. The van der Waals surface area contributed by atoms with Gasteiger partial charge in [-0.25, -0.2) is 9.97 Å². The van der Waals surface area contributed by atoms with Crippen molar-refractivity contribution in [1.29, 1.82) is 0 Å². The maximum Gasteiger partial charge on any atom is 0.245 e. The van der Waals surface area contributed by atoms with E-state index in [9.17, 15) is 9.59 Å². The van der Waals surface area contributed by atoms with Crippen molar-refractivity contribution in [2.75, 3.05) is 40.3 Å². The zero-order valence-electron chi connectivity index (χ0n) is 33.4. The van der Waals surface area contributed by atoms with Crippen LogP contribution in [0.25, 0.3) is 33.6 Å². The Morgan fingerprint density at radius 3 is 1.74 bits per heavy atom. The summed E-state index contributed by atoms with van der Waals surface area (Å²) in [5.74, 6) is 2.13. The van der Waals surface area contributed by atoms with Crippen molar-refractivity contribution in [3.8, 4) is 33.6 Å². The van der Waals surface area contributed by atoms with Crippen LogP contribution < -0.4 is 0 Å². The number of hydrogen-bond donors (Lipinski definition) is 2. The van der Waals surface area contributed by atoms with Crippen LogP contribution in [-0.4, -0.2) is 91.6 Å². The van der Waals surface area contributed by atoms with E-state index in [2.05, 4.69) is 92.6 Å². The molecule has 10 nitrogen and oxygen atoms in total. The van der Waals surface area contributed by atoms with E-state index in [0.717, 1.165) is 116 Å². The molecular weight excluding hydrogens is 721 g/mol. The minimum absolute atomic E-state index is 0.0113. The predicted octanol–water partition coefficient (Wildman–Crippen LogP) is 8.29. The molecule has 0 unspecified atom stereocenters. The molecule has 0 aliphatic carbocycles. The van der Waals surface area contributed by atoms with Gasteiger partial charge < -0.3 is 19.8 Å². The number of amides is 2. The van der Waals surface area contributed by atoms with Crippen LogP contribution in [0.2, 0.25) is 0 Å². The van der Waals surface area contributed by atoms with Crippen LogP contribution in [0, 0.1) is 5.92 Å². The number of aromatic amines is 2. The number of imidazole rings is 2. The molecule has 6 aromatic rings. The van der Waals surface area contributed by atoms with Gasteiger partial charge in [-0.3, -0.25) is 19.4 Å². The molecule has 58 heavy (non-hydrogen) atoms. The summed E-state index contributed by atoms with van der Waals surface area (Å²) in [7, 11) is 3.93. The first-order valence-corrected chi connectivity index (χ1v) is 20.8. The maximum atomic E-state index is 13.9. The molecule has 2 N–H and O–H groups in total.